The summed E-state index contributed by atoms with van der Waals surface area (Å²) in [6.45, 7) is 0.0594. The van der Waals surface area contributed by atoms with Gasteiger partial charge in [-0.05, 0) is 60.6 Å². The van der Waals surface area contributed by atoms with Gasteiger partial charge in [-0.15, -0.1) is 0 Å². The molecule has 0 atom stereocenters. The topological polar surface area (TPSA) is 52.6 Å². The van der Waals surface area contributed by atoms with Crippen molar-refractivity contribution < 1.29 is 19.1 Å². The van der Waals surface area contributed by atoms with Crippen molar-refractivity contribution in [1.82, 2.24) is 0 Å². The fourth-order valence-electron chi connectivity index (χ4n) is 3.70. The van der Waals surface area contributed by atoms with Crippen LogP contribution in [0.15, 0.2) is 72.8 Å². The number of aryl methyl sites for hydroxylation is 2. The van der Waals surface area contributed by atoms with Gasteiger partial charge in [0.25, 0.3) is 0 Å². The normalized spacial score (nSPS) is 12.7. The second-order valence-electron chi connectivity index (χ2n) is 7.46. The minimum atomic E-state index is -0.565. The van der Waals surface area contributed by atoms with E-state index in [2.05, 4.69) is 0 Å². The fraction of sp³-hybridized carbons (Fsp3) is 0.231. The highest BCUT2D eigenvalue weighted by atomic mass is 16.5. The molecular formula is C26H24O4. The summed E-state index contributed by atoms with van der Waals surface area (Å²) in [5, 5.41) is 0. The zero-order valence-electron chi connectivity index (χ0n) is 16.8. The summed E-state index contributed by atoms with van der Waals surface area (Å²) < 4.78 is 11.1. The summed E-state index contributed by atoms with van der Waals surface area (Å²) in [5.74, 6) is -0.322. The molecule has 0 spiro atoms. The van der Waals surface area contributed by atoms with Crippen LogP contribution in [0.3, 0.4) is 0 Å². The minimum absolute atomic E-state index is 0.195. The number of rotatable bonds is 7. The fourth-order valence-corrected chi connectivity index (χ4v) is 3.70. The third-order valence-corrected chi connectivity index (χ3v) is 5.35. The Morgan fingerprint density at radius 1 is 0.800 bits per heavy atom. The number of benzene rings is 3. The summed E-state index contributed by atoms with van der Waals surface area (Å²) in [4.78, 5) is 25.1. The number of para-hydroxylation sites is 1. The Balaban J connectivity index is 1.39. The van der Waals surface area contributed by atoms with Crippen LogP contribution in [0.5, 0.6) is 5.75 Å². The highest BCUT2D eigenvalue weighted by Gasteiger charge is 2.17. The molecule has 1 aliphatic carbocycles. The average Bonchev–Trinajstić information content (AvgIpc) is 2.81. The molecular weight excluding hydrogens is 376 g/mol. The van der Waals surface area contributed by atoms with Crippen molar-refractivity contribution in [3.05, 3.63) is 101 Å². The first-order valence-corrected chi connectivity index (χ1v) is 10.3. The lowest BCUT2D eigenvalue weighted by Crippen LogP contribution is -2.16. The van der Waals surface area contributed by atoms with Gasteiger partial charge < -0.3 is 9.47 Å². The predicted molar refractivity (Wildman–Crippen MR) is 115 cm³/mol. The maximum atomic E-state index is 12.6. The van der Waals surface area contributed by atoms with Crippen LogP contribution >= 0.6 is 0 Å². The van der Waals surface area contributed by atoms with E-state index in [-0.39, 0.29) is 12.4 Å². The van der Waals surface area contributed by atoms with Gasteiger partial charge in [0.1, 0.15) is 17.9 Å². The molecule has 0 bridgehead atoms. The lowest BCUT2D eigenvalue weighted by atomic mass is 9.90. The molecule has 0 fully saturated rings. The molecule has 0 unspecified atom stereocenters. The lowest BCUT2D eigenvalue weighted by Gasteiger charge is -2.16. The van der Waals surface area contributed by atoms with Gasteiger partial charge in [0.2, 0.25) is 0 Å². The van der Waals surface area contributed by atoms with Crippen molar-refractivity contribution in [3.63, 3.8) is 0 Å². The van der Waals surface area contributed by atoms with Crippen LogP contribution < -0.4 is 4.74 Å². The second-order valence-corrected chi connectivity index (χ2v) is 7.46. The van der Waals surface area contributed by atoms with E-state index in [4.69, 9.17) is 9.47 Å². The largest absolute Gasteiger partial charge is 0.488 e. The highest BCUT2D eigenvalue weighted by Crippen LogP contribution is 2.23. The molecule has 3 aromatic carbocycles. The second kappa shape index (κ2) is 9.40. The molecule has 0 heterocycles. The molecule has 0 N–H and O–H groups in total. The Morgan fingerprint density at radius 3 is 2.37 bits per heavy atom. The molecule has 0 saturated heterocycles. The molecule has 0 radical (unpaired) electrons. The van der Waals surface area contributed by atoms with Crippen LogP contribution in [-0.2, 0) is 24.2 Å². The van der Waals surface area contributed by atoms with E-state index in [1.165, 1.54) is 17.5 Å². The molecule has 30 heavy (non-hydrogen) atoms. The molecule has 4 rings (SSSR count). The van der Waals surface area contributed by atoms with Crippen molar-refractivity contribution in [2.24, 2.45) is 0 Å². The standard InChI is InChI=1S/C26H24O4/c27-24(22-15-14-20-10-4-5-11-21(20)16-22)18-30-26(28)23-12-6-7-13-25(23)29-17-19-8-2-1-3-9-19/h1-3,6-9,12-16H,4-5,10-11,17-18H2. The number of ketones is 1. The zero-order valence-corrected chi connectivity index (χ0v) is 16.8. The molecule has 0 aliphatic heterocycles. The van der Waals surface area contributed by atoms with Gasteiger partial charge >= 0.3 is 5.97 Å². The summed E-state index contributed by atoms with van der Waals surface area (Å²) in [6.07, 6.45) is 4.42. The highest BCUT2D eigenvalue weighted by molar-refractivity contribution is 6.00. The van der Waals surface area contributed by atoms with Crippen molar-refractivity contribution in [2.45, 2.75) is 32.3 Å². The summed E-state index contributed by atoms with van der Waals surface area (Å²) in [5.41, 5.74) is 4.46. The van der Waals surface area contributed by atoms with E-state index in [1.54, 1.807) is 24.3 Å². The van der Waals surface area contributed by atoms with E-state index in [0.29, 0.717) is 23.5 Å². The quantitative estimate of drug-likeness (QED) is 0.405. The number of esters is 1. The molecule has 4 nitrogen and oxygen atoms in total. The third kappa shape index (κ3) is 4.77. The Bertz CT molecular complexity index is 1040. The van der Waals surface area contributed by atoms with Crippen LogP contribution in [0, 0.1) is 0 Å². The van der Waals surface area contributed by atoms with Crippen molar-refractivity contribution in [1.29, 1.82) is 0 Å². The lowest BCUT2D eigenvalue weighted by molar-refractivity contribution is 0.0470. The number of fused-ring (bicyclic) bond motifs is 1. The van der Waals surface area contributed by atoms with E-state index in [9.17, 15) is 9.59 Å². The van der Waals surface area contributed by atoms with E-state index >= 15 is 0 Å². The Hall–Kier alpha value is -3.40. The van der Waals surface area contributed by atoms with Crippen molar-refractivity contribution in [3.8, 4) is 5.75 Å². The molecule has 152 valence electrons. The molecule has 4 heteroatoms. The van der Waals surface area contributed by atoms with Crippen LogP contribution in [-0.4, -0.2) is 18.4 Å². The van der Waals surface area contributed by atoms with Crippen LogP contribution in [0.4, 0.5) is 0 Å². The first-order valence-electron chi connectivity index (χ1n) is 10.3. The number of ether oxygens (including phenoxy) is 2. The van der Waals surface area contributed by atoms with Gasteiger partial charge in [-0.25, -0.2) is 4.79 Å². The van der Waals surface area contributed by atoms with Gasteiger partial charge in [-0.3, -0.25) is 4.79 Å². The smallest absolute Gasteiger partial charge is 0.342 e. The average molecular weight is 400 g/mol. The van der Waals surface area contributed by atoms with Gasteiger partial charge in [0.05, 0.1) is 0 Å². The molecule has 3 aromatic rings. The monoisotopic (exact) mass is 400 g/mol. The Labute approximate surface area is 176 Å². The van der Waals surface area contributed by atoms with Crippen LogP contribution in [0.1, 0.15) is 50.2 Å². The van der Waals surface area contributed by atoms with Gasteiger partial charge in [-0.1, -0.05) is 54.6 Å². The first kappa shape index (κ1) is 19.9. The van der Waals surface area contributed by atoms with Gasteiger partial charge in [0.15, 0.2) is 12.4 Å². The molecule has 0 aromatic heterocycles. The summed E-state index contributed by atoms with van der Waals surface area (Å²) >= 11 is 0. The molecule has 1 aliphatic rings. The number of carbonyl (C=O) groups excluding carboxylic acids is 2. The van der Waals surface area contributed by atoms with Gasteiger partial charge in [0, 0.05) is 5.56 Å². The van der Waals surface area contributed by atoms with Gasteiger partial charge in [-0.2, -0.15) is 0 Å². The summed E-state index contributed by atoms with van der Waals surface area (Å²) in [7, 11) is 0. The first-order chi connectivity index (χ1) is 14.7. The SMILES string of the molecule is O=C(COC(=O)c1ccccc1OCc1ccccc1)c1ccc2c(c1)CCCC2. The number of hydrogen-bond acceptors (Lipinski definition) is 4. The van der Waals surface area contributed by atoms with E-state index < -0.39 is 5.97 Å². The number of Topliss-reactive ketones (excluding diaryl/α,β-unsaturated/α-hetero) is 1. The van der Waals surface area contributed by atoms with Crippen LogP contribution in [0.25, 0.3) is 0 Å². The Morgan fingerprint density at radius 2 is 1.53 bits per heavy atom. The van der Waals surface area contributed by atoms with E-state index in [0.717, 1.165) is 24.8 Å². The van der Waals surface area contributed by atoms with Crippen molar-refractivity contribution in [2.75, 3.05) is 6.61 Å². The summed E-state index contributed by atoms with van der Waals surface area (Å²) in [6, 6.07) is 22.4. The third-order valence-electron chi connectivity index (χ3n) is 5.35. The number of carbonyl (C=O) groups is 2. The maximum absolute atomic E-state index is 12.6. The van der Waals surface area contributed by atoms with Crippen molar-refractivity contribution >= 4 is 11.8 Å². The van der Waals surface area contributed by atoms with E-state index in [1.807, 2.05) is 48.5 Å². The molecule has 0 saturated carbocycles. The number of hydrogen-bond donors (Lipinski definition) is 0. The molecule has 0 amide bonds. The van der Waals surface area contributed by atoms with Crippen LogP contribution in [0.2, 0.25) is 0 Å². The predicted octanol–water partition coefficient (Wildman–Crippen LogP) is 5.18. The Kier molecular flexibility index (Phi) is 6.23. The maximum Gasteiger partial charge on any atom is 0.342 e. The minimum Gasteiger partial charge on any atom is -0.488 e. The zero-order chi connectivity index (χ0) is 20.8.